The quantitative estimate of drug-likeness (QED) is 0.592. The van der Waals surface area contributed by atoms with Gasteiger partial charge in [-0.1, -0.05) is 0 Å². The smallest absolute Gasteiger partial charge is 0.276 e. The number of hydrogen-bond donors (Lipinski definition) is 1. The number of carbonyl (C=O) groups is 2. The normalized spacial score (nSPS) is 17.8. The Balaban J connectivity index is 2.79. The molecule has 4 heteroatoms. The molecule has 13 heavy (non-hydrogen) atoms. The van der Waals surface area contributed by atoms with Crippen LogP contribution in [0.3, 0.4) is 0 Å². The molecular formula is C9H14N2O2. The number of nitrogens with zero attached hydrogens (tertiary/aromatic N) is 1. The van der Waals surface area contributed by atoms with Crippen molar-refractivity contribution in [1.29, 1.82) is 0 Å². The van der Waals surface area contributed by atoms with Crippen molar-refractivity contribution >= 4 is 11.8 Å². The van der Waals surface area contributed by atoms with Gasteiger partial charge >= 0.3 is 0 Å². The second-order valence-electron chi connectivity index (χ2n) is 4.14. The predicted molar refractivity (Wildman–Crippen MR) is 48.7 cm³/mol. The predicted octanol–water partition coefficient (Wildman–Crippen LogP) is 0.257. The summed E-state index contributed by atoms with van der Waals surface area (Å²) >= 11 is 0. The average molecular weight is 182 g/mol. The fourth-order valence-corrected chi connectivity index (χ4v) is 1.06. The number of carbonyl (C=O) groups excluding carboxylic acids is 2. The Morgan fingerprint density at radius 2 is 1.85 bits per heavy atom. The Bertz CT molecular complexity index is 286. The molecule has 0 spiro atoms. The lowest BCUT2D eigenvalue weighted by Gasteiger charge is -2.22. The van der Waals surface area contributed by atoms with Crippen LogP contribution in [0.4, 0.5) is 0 Å². The number of likely N-dealkylation sites (N-methyl/N-ethyl adjacent to an activating group) is 1. The first-order valence-electron chi connectivity index (χ1n) is 4.13. The van der Waals surface area contributed by atoms with E-state index in [1.807, 2.05) is 20.8 Å². The first-order valence-corrected chi connectivity index (χ1v) is 4.13. The fourth-order valence-electron chi connectivity index (χ4n) is 1.06. The molecule has 4 nitrogen and oxygen atoms in total. The maximum atomic E-state index is 11.4. The third-order valence-corrected chi connectivity index (χ3v) is 1.64. The van der Waals surface area contributed by atoms with Crippen molar-refractivity contribution in [3.8, 4) is 0 Å². The number of rotatable bonds is 1. The highest BCUT2D eigenvalue weighted by Crippen LogP contribution is 2.11. The summed E-state index contributed by atoms with van der Waals surface area (Å²) in [5.74, 6) is -0.531. The van der Waals surface area contributed by atoms with Crippen molar-refractivity contribution < 1.29 is 9.59 Å². The molecule has 72 valence electrons. The molecule has 0 unspecified atom stereocenters. The summed E-state index contributed by atoms with van der Waals surface area (Å²) < 4.78 is 0. The van der Waals surface area contributed by atoms with Gasteiger partial charge in [0.2, 0.25) is 0 Å². The Morgan fingerprint density at radius 1 is 1.31 bits per heavy atom. The monoisotopic (exact) mass is 182 g/mol. The van der Waals surface area contributed by atoms with Gasteiger partial charge in [0.05, 0.1) is 0 Å². The zero-order valence-electron chi connectivity index (χ0n) is 8.34. The van der Waals surface area contributed by atoms with Crippen LogP contribution in [0.15, 0.2) is 11.8 Å². The molecule has 0 aliphatic carbocycles. The van der Waals surface area contributed by atoms with E-state index in [4.69, 9.17) is 0 Å². The Hall–Kier alpha value is -1.32. The summed E-state index contributed by atoms with van der Waals surface area (Å²) in [4.78, 5) is 23.5. The van der Waals surface area contributed by atoms with E-state index in [1.54, 1.807) is 0 Å². The van der Waals surface area contributed by atoms with Crippen molar-refractivity contribution in [1.82, 2.24) is 10.2 Å². The molecule has 1 aliphatic rings. The average Bonchev–Trinajstić information content (AvgIpc) is 2.15. The van der Waals surface area contributed by atoms with E-state index < -0.39 is 0 Å². The maximum Gasteiger partial charge on any atom is 0.276 e. The van der Waals surface area contributed by atoms with Gasteiger partial charge in [-0.05, 0) is 20.8 Å². The lowest BCUT2D eigenvalue weighted by atomic mass is 10.1. The van der Waals surface area contributed by atoms with Crippen LogP contribution < -0.4 is 5.32 Å². The van der Waals surface area contributed by atoms with Crippen LogP contribution in [0.1, 0.15) is 20.8 Å². The van der Waals surface area contributed by atoms with Gasteiger partial charge in [0.15, 0.2) is 0 Å². The second-order valence-corrected chi connectivity index (χ2v) is 4.14. The van der Waals surface area contributed by atoms with Crippen LogP contribution in [0.25, 0.3) is 0 Å². The Labute approximate surface area is 77.6 Å². The Kier molecular flexibility index (Phi) is 2.15. The summed E-state index contributed by atoms with van der Waals surface area (Å²) in [5, 5.41) is 2.98. The maximum absolute atomic E-state index is 11.4. The molecular weight excluding hydrogens is 168 g/mol. The standard InChI is InChI=1S/C9H14N2O2/c1-9(2,3)10-6-5-7(12)11(4)8(6)13/h5,10H,1-4H3. The summed E-state index contributed by atoms with van der Waals surface area (Å²) in [6.45, 7) is 5.80. The van der Waals surface area contributed by atoms with Crippen molar-refractivity contribution in [3.63, 3.8) is 0 Å². The van der Waals surface area contributed by atoms with E-state index >= 15 is 0 Å². The zero-order valence-corrected chi connectivity index (χ0v) is 8.34. The molecule has 0 bridgehead atoms. The molecule has 0 saturated carbocycles. The minimum absolute atomic E-state index is 0.201. The minimum Gasteiger partial charge on any atom is -0.376 e. The first kappa shape index (κ1) is 9.77. The van der Waals surface area contributed by atoms with E-state index in [-0.39, 0.29) is 17.4 Å². The van der Waals surface area contributed by atoms with Gasteiger partial charge in [-0.15, -0.1) is 0 Å². The van der Waals surface area contributed by atoms with Crippen LogP contribution in [-0.2, 0) is 9.59 Å². The van der Waals surface area contributed by atoms with E-state index in [2.05, 4.69) is 5.32 Å². The summed E-state index contributed by atoms with van der Waals surface area (Å²) in [6.07, 6.45) is 1.33. The highest BCUT2D eigenvalue weighted by molar-refractivity contribution is 6.15. The molecule has 0 aromatic carbocycles. The SMILES string of the molecule is CN1C(=O)C=C(NC(C)(C)C)C1=O. The van der Waals surface area contributed by atoms with Gasteiger partial charge in [-0.2, -0.15) is 0 Å². The third-order valence-electron chi connectivity index (χ3n) is 1.64. The fraction of sp³-hybridized carbons (Fsp3) is 0.556. The molecule has 1 aliphatic heterocycles. The highest BCUT2D eigenvalue weighted by atomic mass is 16.2. The van der Waals surface area contributed by atoms with Crippen LogP contribution in [0.2, 0.25) is 0 Å². The lowest BCUT2D eigenvalue weighted by Crippen LogP contribution is -2.39. The zero-order chi connectivity index (χ0) is 10.2. The van der Waals surface area contributed by atoms with Gasteiger partial charge in [0.1, 0.15) is 5.70 Å². The summed E-state index contributed by atoms with van der Waals surface area (Å²) in [5.41, 5.74) is 0.174. The van der Waals surface area contributed by atoms with Gasteiger partial charge < -0.3 is 5.32 Å². The Morgan fingerprint density at radius 3 is 2.15 bits per heavy atom. The van der Waals surface area contributed by atoms with Crippen LogP contribution in [0.5, 0.6) is 0 Å². The lowest BCUT2D eigenvalue weighted by molar-refractivity contribution is -0.135. The summed E-state index contributed by atoms with van der Waals surface area (Å²) in [6, 6.07) is 0. The number of nitrogens with one attached hydrogen (secondary N) is 1. The van der Waals surface area contributed by atoms with E-state index in [9.17, 15) is 9.59 Å². The van der Waals surface area contributed by atoms with Crippen molar-refractivity contribution in [2.45, 2.75) is 26.3 Å². The topological polar surface area (TPSA) is 49.4 Å². The molecule has 1 heterocycles. The van der Waals surface area contributed by atoms with E-state index in [0.717, 1.165) is 4.90 Å². The molecule has 0 aromatic heterocycles. The molecule has 2 amide bonds. The molecule has 1 N–H and O–H groups in total. The third kappa shape index (κ3) is 2.08. The second kappa shape index (κ2) is 2.87. The van der Waals surface area contributed by atoms with Gasteiger partial charge in [0, 0.05) is 18.7 Å². The van der Waals surface area contributed by atoms with Gasteiger partial charge in [-0.25, -0.2) is 0 Å². The molecule has 0 atom stereocenters. The van der Waals surface area contributed by atoms with E-state index in [0.29, 0.717) is 5.70 Å². The highest BCUT2D eigenvalue weighted by Gasteiger charge is 2.29. The van der Waals surface area contributed by atoms with Crippen LogP contribution in [-0.4, -0.2) is 29.3 Å². The minimum atomic E-state index is -0.267. The molecule has 0 fully saturated rings. The van der Waals surface area contributed by atoms with Crippen molar-refractivity contribution in [2.24, 2.45) is 0 Å². The largest absolute Gasteiger partial charge is 0.376 e. The van der Waals surface area contributed by atoms with Crippen LogP contribution >= 0.6 is 0 Å². The molecule has 1 rings (SSSR count). The number of amides is 2. The number of hydrogen-bond acceptors (Lipinski definition) is 3. The molecule has 0 saturated heterocycles. The molecule has 0 aromatic rings. The number of imide groups is 1. The summed E-state index contributed by atoms with van der Waals surface area (Å²) in [7, 11) is 1.47. The molecule has 0 radical (unpaired) electrons. The van der Waals surface area contributed by atoms with Crippen molar-refractivity contribution in [3.05, 3.63) is 11.8 Å². The van der Waals surface area contributed by atoms with Crippen LogP contribution in [0, 0.1) is 0 Å². The van der Waals surface area contributed by atoms with Crippen molar-refractivity contribution in [2.75, 3.05) is 7.05 Å². The van der Waals surface area contributed by atoms with Gasteiger partial charge in [-0.3, -0.25) is 14.5 Å². The van der Waals surface area contributed by atoms with Gasteiger partial charge in [0.25, 0.3) is 11.8 Å². The first-order chi connectivity index (χ1) is 5.81. The van der Waals surface area contributed by atoms with E-state index in [1.165, 1.54) is 13.1 Å².